The van der Waals surface area contributed by atoms with Crippen molar-refractivity contribution in [2.45, 2.75) is 72.6 Å². The fraction of sp³-hybridized carbons (Fsp3) is 0.905. The first-order valence-electron chi connectivity index (χ1n) is 11.0. The lowest BCUT2D eigenvalue weighted by Crippen LogP contribution is -2.60. The zero-order valence-electron chi connectivity index (χ0n) is 19.6. The van der Waals surface area contributed by atoms with Crippen LogP contribution in [-0.2, 0) is 28.4 Å². The van der Waals surface area contributed by atoms with E-state index in [1.54, 1.807) is 0 Å². The van der Waals surface area contributed by atoms with Gasteiger partial charge in [0, 0.05) is 12.1 Å². The van der Waals surface area contributed by atoms with Crippen molar-refractivity contribution in [1.82, 2.24) is 10.6 Å². The third kappa shape index (κ3) is 7.20. The van der Waals surface area contributed by atoms with Crippen molar-refractivity contribution in [3.63, 3.8) is 0 Å². The van der Waals surface area contributed by atoms with Crippen LogP contribution in [0.5, 0.6) is 0 Å². The molecular formula is C21H38N2O8. The van der Waals surface area contributed by atoms with Gasteiger partial charge in [0.05, 0.1) is 37.3 Å². The van der Waals surface area contributed by atoms with Crippen LogP contribution in [0.4, 0.5) is 9.59 Å². The van der Waals surface area contributed by atoms with Crippen LogP contribution < -0.4 is 10.6 Å². The molecule has 2 heterocycles. The molecule has 10 heteroatoms. The van der Waals surface area contributed by atoms with Gasteiger partial charge in [0.2, 0.25) is 0 Å². The molecule has 10 nitrogen and oxygen atoms in total. The van der Waals surface area contributed by atoms with Crippen LogP contribution in [0.3, 0.4) is 0 Å². The Hall–Kier alpha value is -1.62. The molecule has 2 aliphatic heterocycles. The summed E-state index contributed by atoms with van der Waals surface area (Å²) >= 11 is 0. The van der Waals surface area contributed by atoms with Gasteiger partial charge < -0.3 is 39.1 Å². The number of hydrogen-bond acceptors (Lipinski definition) is 8. The Bertz CT molecular complexity index is 539. The van der Waals surface area contributed by atoms with E-state index < -0.39 is 29.2 Å². The van der Waals surface area contributed by atoms with E-state index in [2.05, 4.69) is 10.6 Å². The molecule has 180 valence electrons. The second-order valence-electron chi connectivity index (χ2n) is 9.11. The van der Waals surface area contributed by atoms with Gasteiger partial charge in [-0.3, -0.25) is 0 Å². The molecule has 2 rings (SSSR count). The number of amides is 2. The van der Waals surface area contributed by atoms with Gasteiger partial charge in [0.1, 0.15) is 13.2 Å². The molecule has 0 unspecified atom stereocenters. The van der Waals surface area contributed by atoms with Crippen LogP contribution in [0, 0.1) is 10.8 Å². The van der Waals surface area contributed by atoms with E-state index in [0.717, 1.165) is 0 Å². The zero-order valence-corrected chi connectivity index (χ0v) is 19.6. The third-order valence-corrected chi connectivity index (χ3v) is 5.55. The van der Waals surface area contributed by atoms with Crippen LogP contribution >= 0.6 is 0 Å². The summed E-state index contributed by atoms with van der Waals surface area (Å²) in [5.41, 5.74) is -0.965. The Kier molecular flexibility index (Phi) is 8.93. The Morgan fingerprint density at radius 1 is 0.742 bits per heavy atom. The second-order valence-corrected chi connectivity index (χ2v) is 9.11. The summed E-state index contributed by atoms with van der Waals surface area (Å²) < 4.78 is 34.1. The van der Waals surface area contributed by atoms with Crippen LogP contribution in [0.2, 0.25) is 0 Å². The minimum Gasteiger partial charge on any atom is -0.449 e. The molecule has 0 aliphatic carbocycles. The van der Waals surface area contributed by atoms with Gasteiger partial charge in [-0.2, -0.15) is 0 Å². The zero-order chi connectivity index (χ0) is 23.1. The van der Waals surface area contributed by atoms with E-state index in [-0.39, 0.29) is 51.7 Å². The average Bonchev–Trinajstić information content (AvgIpc) is 2.73. The summed E-state index contributed by atoms with van der Waals surface area (Å²) in [5, 5.41) is 5.39. The smallest absolute Gasteiger partial charge is 0.412 e. The van der Waals surface area contributed by atoms with Crippen LogP contribution in [0.1, 0.15) is 54.4 Å². The SMILES string of the molecule is CCC1(COC(=O)NC(C)C)COC2(OC1)OCC(CC)(COC(=O)NC(C)C)CO2. The monoisotopic (exact) mass is 446 g/mol. The third-order valence-electron chi connectivity index (χ3n) is 5.55. The predicted octanol–water partition coefficient (Wildman–Crippen LogP) is 2.75. The molecular weight excluding hydrogens is 408 g/mol. The molecule has 0 bridgehead atoms. The summed E-state index contributed by atoms with van der Waals surface area (Å²) in [6.45, 7) is 12.8. The molecule has 1 spiro atoms. The molecule has 31 heavy (non-hydrogen) atoms. The highest BCUT2D eigenvalue weighted by molar-refractivity contribution is 5.67. The summed E-state index contributed by atoms with van der Waals surface area (Å²) in [4.78, 5) is 23.6. The van der Waals surface area contributed by atoms with Crippen molar-refractivity contribution in [2.75, 3.05) is 39.6 Å². The summed E-state index contributed by atoms with van der Waals surface area (Å²) in [7, 11) is 0. The van der Waals surface area contributed by atoms with E-state index in [0.29, 0.717) is 12.8 Å². The second kappa shape index (κ2) is 10.8. The maximum atomic E-state index is 11.8. The average molecular weight is 447 g/mol. The van der Waals surface area contributed by atoms with Gasteiger partial charge in [0.25, 0.3) is 0 Å². The van der Waals surface area contributed by atoms with E-state index in [1.165, 1.54) is 0 Å². The van der Waals surface area contributed by atoms with E-state index >= 15 is 0 Å². The van der Waals surface area contributed by atoms with Gasteiger partial charge in [-0.05, 0) is 40.5 Å². The number of hydrogen-bond donors (Lipinski definition) is 2. The van der Waals surface area contributed by atoms with Crippen LogP contribution in [0.15, 0.2) is 0 Å². The molecule has 2 amide bonds. The topological polar surface area (TPSA) is 114 Å². The fourth-order valence-electron chi connectivity index (χ4n) is 3.07. The molecule has 0 aromatic heterocycles. The highest BCUT2D eigenvalue weighted by atomic mass is 17.0. The number of carbonyl (C=O) groups excluding carboxylic acids is 2. The highest BCUT2D eigenvalue weighted by Gasteiger charge is 2.52. The van der Waals surface area contributed by atoms with Crippen molar-refractivity contribution in [1.29, 1.82) is 0 Å². The first kappa shape index (κ1) is 25.6. The van der Waals surface area contributed by atoms with Crippen LogP contribution in [-0.4, -0.2) is 70.1 Å². The lowest BCUT2D eigenvalue weighted by molar-refractivity contribution is -0.548. The number of alkyl carbamates (subject to hydrolysis) is 2. The van der Waals surface area contributed by atoms with Gasteiger partial charge in [-0.15, -0.1) is 0 Å². The molecule has 0 aromatic rings. The lowest BCUT2D eigenvalue weighted by atomic mass is 9.86. The number of nitrogens with one attached hydrogen (secondary N) is 2. The molecule has 2 fully saturated rings. The number of carbonyl (C=O) groups is 2. The maximum absolute atomic E-state index is 11.8. The molecule has 0 aromatic carbocycles. The summed E-state index contributed by atoms with van der Waals surface area (Å²) in [6.07, 6.45) is -1.14. The molecule has 2 aliphatic rings. The fourth-order valence-corrected chi connectivity index (χ4v) is 3.07. The van der Waals surface area contributed by atoms with Gasteiger partial charge in [-0.1, -0.05) is 13.8 Å². The van der Waals surface area contributed by atoms with Crippen molar-refractivity contribution < 1.29 is 38.0 Å². The van der Waals surface area contributed by atoms with Gasteiger partial charge in [0.15, 0.2) is 0 Å². The first-order valence-corrected chi connectivity index (χ1v) is 11.0. The van der Waals surface area contributed by atoms with E-state index in [1.807, 2.05) is 41.5 Å². The van der Waals surface area contributed by atoms with Crippen molar-refractivity contribution >= 4 is 12.2 Å². The number of rotatable bonds is 8. The first-order chi connectivity index (χ1) is 14.6. The molecule has 0 radical (unpaired) electrons. The Morgan fingerprint density at radius 3 is 1.32 bits per heavy atom. The predicted molar refractivity (Wildman–Crippen MR) is 111 cm³/mol. The molecule has 0 atom stereocenters. The van der Waals surface area contributed by atoms with Crippen molar-refractivity contribution in [2.24, 2.45) is 10.8 Å². The normalized spacial score (nSPS) is 31.0. The van der Waals surface area contributed by atoms with Gasteiger partial charge >= 0.3 is 18.3 Å². The highest BCUT2D eigenvalue weighted by Crippen LogP contribution is 2.40. The molecule has 0 saturated carbocycles. The summed E-state index contributed by atoms with van der Waals surface area (Å²) in [6, 6.07) is -0.00833. The van der Waals surface area contributed by atoms with Crippen LogP contribution in [0.25, 0.3) is 0 Å². The van der Waals surface area contributed by atoms with Crippen molar-refractivity contribution in [3.8, 4) is 0 Å². The minimum absolute atomic E-state index is 0.00417. The van der Waals surface area contributed by atoms with Crippen molar-refractivity contribution in [3.05, 3.63) is 0 Å². The Labute approximate surface area is 184 Å². The van der Waals surface area contributed by atoms with Gasteiger partial charge in [-0.25, -0.2) is 9.59 Å². The standard InChI is InChI=1S/C21H38N2O8/c1-7-19(9-26-17(24)22-15(3)4)11-28-21(29-12-19)30-13-20(8-2,14-31-21)10-27-18(25)23-16(5)6/h15-16H,7-14H2,1-6H3,(H,22,24)(H,23,25). The minimum atomic E-state index is -1.59. The summed E-state index contributed by atoms with van der Waals surface area (Å²) in [5.74, 6) is 0. The molecule has 2 saturated heterocycles. The number of ether oxygens (including phenoxy) is 6. The molecule has 2 N–H and O–H groups in total. The Balaban J connectivity index is 1.86. The Morgan fingerprint density at radius 2 is 1.06 bits per heavy atom. The largest absolute Gasteiger partial charge is 0.449 e. The van der Waals surface area contributed by atoms with E-state index in [4.69, 9.17) is 28.4 Å². The van der Waals surface area contributed by atoms with E-state index in [9.17, 15) is 9.59 Å². The quantitative estimate of drug-likeness (QED) is 0.585. The lowest BCUT2D eigenvalue weighted by Gasteiger charge is -2.48. The maximum Gasteiger partial charge on any atom is 0.412 e.